The Bertz CT molecular complexity index is 717. The summed E-state index contributed by atoms with van der Waals surface area (Å²) in [5.74, 6) is 0.687. The van der Waals surface area contributed by atoms with Gasteiger partial charge in [-0.25, -0.2) is 4.98 Å². The third kappa shape index (κ3) is 2.89. The molecule has 1 aromatic carbocycles. The number of benzene rings is 1. The van der Waals surface area contributed by atoms with Crippen molar-refractivity contribution in [1.82, 2.24) is 9.88 Å². The molecule has 0 fully saturated rings. The zero-order valence-electron chi connectivity index (χ0n) is 12.0. The zero-order chi connectivity index (χ0) is 15.7. The van der Waals surface area contributed by atoms with Crippen molar-refractivity contribution in [2.75, 3.05) is 13.7 Å². The van der Waals surface area contributed by atoms with E-state index >= 15 is 0 Å². The minimum absolute atomic E-state index is 0.105. The number of rotatable bonds is 3. The number of carbonyl (C=O) groups is 1. The van der Waals surface area contributed by atoms with Gasteiger partial charge in [-0.05, 0) is 35.7 Å². The molecule has 0 atom stereocenters. The van der Waals surface area contributed by atoms with Crippen LogP contribution in [-0.2, 0) is 13.0 Å². The molecule has 4 nitrogen and oxygen atoms in total. The van der Waals surface area contributed by atoms with E-state index in [2.05, 4.69) is 4.98 Å². The summed E-state index contributed by atoms with van der Waals surface area (Å²) in [6.45, 7) is 1.16. The molecule has 2 heterocycles. The molecular weight excluding hydrogens is 323 g/mol. The summed E-state index contributed by atoms with van der Waals surface area (Å²) in [5, 5.41) is 0.493. The van der Waals surface area contributed by atoms with Crippen molar-refractivity contribution < 1.29 is 9.53 Å². The molecule has 0 saturated carbocycles. The van der Waals surface area contributed by atoms with Gasteiger partial charge in [0.1, 0.15) is 16.1 Å². The Morgan fingerprint density at radius 1 is 1.27 bits per heavy atom. The number of hydrogen-bond acceptors (Lipinski definition) is 3. The van der Waals surface area contributed by atoms with Gasteiger partial charge in [-0.1, -0.05) is 35.3 Å². The fourth-order valence-corrected chi connectivity index (χ4v) is 3.12. The number of carbonyl (C=O) groups excluding carboxylic acids is 1. The molecule has 2 aromatic rings. The van der Waals surface area contributed by atoms with E-state index in [1.54, 1.807) is 18.1 Å². The number of nitrogens with zero attached hydrogens (tertiary/aromatic N) is 2. The van der Waals surface area contributed by atoms with Crippen molar-refractivity contribution >= 4 is 29.1 Å². The van der Waals surface area contributed by atoms with Gasteiger partial charge in [0.2, 0.25) is 0 Å². The number of fused-ring (bicyclic) bond motifs is 1. The Balaban J connectivity index is 1.83. The maximum absolute atomic E-state index is 12.6. The smallest absolute Gasteiger partial charge is 0.257 e. The van der Waals surface area contributed by atoms with E-state index in [1.807, 2.05) is 24.3 Å². The summed E-state index contributed by atoms with van der Waals surface area (Å²) in [4.78, 5) is 18.3. The van der Waals surface area contributed by atoms with Crippen molar-refractivity contribution in [3.63, 3.8) is 0 Å². The molecule has 0 bridgehead atoms. The fourth-order valence-electron chi connectivity index (χ4n) is 2.57. The summed E-state index contributed by atoms with van der Waals surface area (Å²) < 4.78 is 5.13. The van der Waals surface area contributed by atoms with Crippen LogP contribution in [0.1, 0.15) is 21.5 Å². The van der Waals surface area contributed by atoms with Gasteiger partial charge in [0, 0.05) is 13.1 Å². The van der Waals surface area contributed by atoms with E-state index in [1.165, 1.54) is 0 Å². The second-order valence-corrected chi connectivity index (χ2v) is 5.84. The van der Waals surface area contributed by atoms with Gasteiger partial charge in [0.05, 0.1) is 12.7 Å². The quantitative estimate of drug-likeness (QED) is 0.804. The maximum Gasteiger partial charge on any atom is 0.257 e. The first-order chi connectivity index (χ1) is 10.6. The first kappa shape index (κ1) is 15.1. The minimum Gasteiger partial charge on any atom is -0.497 e. The van der Waals surface area contributed by atoms with Gasteiger partial charge in [-0.15, -0.1) is 0 Å². The first-order valence-corrected chi connectivity index (χ1v) is 7.61. The summed E-state index contributed by atoms with van der Waals surface area (Å²) >= 11 is 12.0. The van der Waals surface area contributed by atoms with Gasteiger partial charge in [-0.3, -0.25) is 4.79 Å². The highest BCUT2D eigenvalue weighted by molar-refractivity contribution is 6.35. The number of aromatic nitrogens is 1. The van der Waals surface area contributed by atoms with Crippen LogP contribution < -0.4 is 4.74 Å². The van der Waals surface area contributed by atoms with Crippen LogP contribution in [-0.4, -0.2) is 29.4 Å². The molecule has 0 saturated heterocycles. The monoisotopic (exact) mass is 336 g/mol. The van der Waals surface area contributed by atoms with Crippen molar-refractivity contribution in [3.8, 4) is 5.75 Å². The summed E-state index contributed by atoms with van der Waals surface area (Å²) in [6.07, 6.45) is 0.721. The maximum atomic E-state index is 12.6. The van der Waals surface area contributed by atoms with Gasteiger partial charge < -0.3 is 9.64 Å². The lowest BCUT2D eigenvalue weighted by atomic mass is 10.0. The normalized spacial score (nSPS) is 14.0. The third-order valence-electron chi connectivity index (χ3n) is 3.71. The van der Waals surface area contributed by atoms with E-state index in [0.29, 0.717) is 23.8 Å². The van der Waals surface area contributed by atoms with Crippen LogP contribution in [0.4, 0.5) is 0 Å². The second-order valence-electron chi connectivity index (χ2n) is 5.09. The largest absolute Gasteiger partial charge is 0.497 e. The Kier molecular flexibility index (Phi) is 4.23. The molecule has 22 heavy (non-hydrogen) atoms. The van der Waals surface area contributed by atoms with Crippen molar-refractivity contribution in [2.45, 2.75) is 13.0 Å². The lowest BCUT2D eigenvalue weighted by molar-refractivity contribution is 0.0726. The Labute approximate surface area is 138 Å². The van der Waals surface area contributed by atoms with Crippen LogP contribution in [0, 0.1) is 0 Å². The van der Waals surface area contributed by atoms with Crippen molar-refractivity contribution in [3.05, 3.63) is 57.3 Å². The molecule has 0 spiro atoms. The molecule has 1 aromatic heterocycles. The van der Waals surface area contributed by atoms with Crippen molar-refractivity contribution in [1.29, 1.82) is 0 Å². The molecule has 1 aliphatic rings. The van der Waals surface area contributed by atoms with Gasteiger partial charge in [0.15, 0.2) is 0 Å². The lowest BCUT2D eigenvalue weighted by Crippen LogP contribution is -2.37. The van der Waals surface area contributed by atoms with Crippen LogP contribution in [0.2, 0.25) is 10.3 Å². The van der Waals surface area contributed by atoms with Crippen LogP contribution in [0.15, 0.2) is 30.3 Å². The van der Waals surface area contributed by atoms with Gasteiger partial charge in [0.25, 0.3) is 5.91 Å². The number of pyridine rings is 1. The number of methoxy groups -OCH3 is 1. The Morgan fingerprint density at radius 3 is 2.68 bits per heavy atom. The molecule has 6 heteroatoms. The summed E-state index contributed by atoms with van der Waals surface area (Å²) in [5.41, 5.74) is 2.36. The average Bonchev–Trinajstić information content (AvgIpc) is 2.50. The average molecular weight is 337 g/mol. The predicted octanol–water partition coefficient (Wildman–Crippen LogP) is 3.60. The minimum atomic E-state index is -0.105. The highest BCUT2D eigenvalue weighted by Gasteiger charge is 2.28. The number of halogens is 2. The van der Waals surface area contributed by atoms with Gasteiger partial charge in [-0.2, -0.15) is 0 Å². The van der Waals surface area contributed by atoms with E-state index in [4.69, 9.17) is 27.9 Å². The summed E-state index contributed by atoms with van der Waals surface area (Å²) in [6, 6.07) is 9.37. The molecule has 0 radical (unpaired) electrons. The number of amides is 1. The molecular formula is C16H14Cl2N2O2. The number of hydrogen-bond donors (Lipinski definition) is 0. The Morgan fingerprint density at radius 2 is 2.00 bits per heavy atom. The van der Waals surface area contributed by atoms with Gasteiger partial charge >= 0.3 is 0 Å². The fraction of sp³-hybridized carbons (Fsp3) is 0.250. The molecule has 114 valence electrons. The SMILES string of the molecule is COc1ccc(CN2CCc3cc(Cl)nc(Cl)c3C2=O)cc1. The van der Waals surface area contributed by atoms with E-state index in [9.17, 15) is 4.79 Å². The molecule has 1 aliphatic heterocycles. The standard InChI is InChI=1S/C16H14Cl2N2O2/c1-22-12-4-2-10(3-5-12)9-20-7-6-11-8-13(17)19-15(18)14(11)16(20)21/h2-5,8H,6-7,9H2,1H3. The predicted molar refractivity (Wildman–Crippen MR) is 85.7 cm³/mol. The topological polar surface area (TPSA) is 42.4 Å². The molecule has 1 amide bonds. The van der Waals surface area contributed by atoms with Crippen LogP contribution in [0.25, 0.3) is 0 Å². The molecule has 0 aliphatic carbocycles. The number of ether oxygens (including phenoxy) is 1. The van der Waals surface area contributed by atoms with E-state index < -0.39 is 0 Å². The third-order valence-corrected chi connectivity index (χ3v) is 4.18. The van der Waals surface area contributed by atoms with E-state index in [-0.39, 0.29) is 11.1 Å². The van der Waals surface area contributed by atoms with Crippen molar-refractivity contribution in [2.24, 2.45) is 0 Å². The van der Waals surface area contributed by atoms with Crippen LogP contribution in [0.3, 0.4) is 0 Å². The first-order valence-electron chi connectivity index (χ1n) is 6.85. The zero-order valence-corrected chi connectivity index (χ0v) is 13.5. The lowest BCUT2D eigenvalue weighted by Gasteiger charge is -2.29. The Hall–Kier alpha value is -1.78. The van der Waals surface area contributed by atoms with E-state index in [0.717, 1.165) is 23.3 Å². The highest BCUT2D eigenvalue weighted by Crippen LogP contribution is 2.28. The molecule has 0 N–H and O–H groups in total. The molecule has 3 rings (SSSR count). The second kappa shape index (κ2) is 6.15. The molecule has 0 unspecified atom stereocenters. The summed E-state index contributed by atoms with van der Waals surface area (Å²) in [7, 11) is 1.63. The van der Waals surface area contributed by atoms with Crippen LogP contribution in [0.5, 0.6) is 5.75 Å². The highest BCUT2D eigenvalue weighted by atomic mass is 35.5. The van der Waals surface area contributed by atoms with Crippen LogP contribution >= 0.6 is 23.2 Å².